The SMILES string of the molecule is CCCNC(=O)[C@@H]1CCCN1C(=O)COc1cc(C(=O)N[C@@H](CC(=O)O)C(=O)N2CCN(C(=O)OCC)CC2)nc2cccc(F)c12. The van der Waals surface area contributed by atoms with Crippen LogP contribution >= 0.6 is 0 Å². The normalized spacial score (nSPS) is 16.8. The number of rotatable bonds is 12. The maximum absolute atomic E-state index is 15.0. The van der Waals surface area contributed by atoms with Crippen molar-refractivity contribution < 1.29 is 47.7 Å². The summed E-state index contributed by atoms with van der Waals surface area (Å²) in [6.07, 6.45) is 0.614. The molecule has 0 spiro atoms. The van der Waals surface area contributed by atoms with Gasteiger partial charge in [-0.3, -0.25) is 24.0 Å². The van der Waals surface area contributed by atoms with E-state index in [1.54, 1.807) is 6.92 Å². The van der Waals surface area contributed by atoms with Crippen molar-refractivity contribution in [2.24, 2.45) is 0 Å². The first-order valence-electron chi connectivity index (χ1n) is 15.6. The zero-order valence-electron chi connectivity index (χ0n) is 26.3. The molecule has 2 aliphatic rings. The monoisotopic (exact) mass is 658 g/mol. The van der Waals surface area contributed by atoms with Crippen LogP contribution in [0.15, 0.2) is 24.3 Å². The average Bonchev–Trinajstić information content (AvgIpc) is 3.56. The lowest BCUT2D eigenvalue weighted by Gasteiger charge is -2.35. The molecule has 4 rings (SSSR count). The highest BCUT2D eigenvalue weighted by atomic mass is 19.1. The molecule has 5 amide bonds. The van der Waals surface area contributed by atoms with Gasteiger partial charge in [0.1, 0.15) is 29.3 Å². The van der Waals surface area contributed by atoms with Crippen LogP contribution < -0.4 is 15.4 Å². The third-order valence-corrected chi connectivity index (χ3v) is 7.86. The standard InChI is InChI=1S/C31H39FN6O9/c1-3-10-33-29(43)23-9-6-11-38(23)25(39)18-47-24-16-21(34-20-8-5-7-19(32)27(20)24)28(42)35-22(17-26(40)41)30(44)36-12-14-37(15-13-36)31(45)46-4-2/h5,7-8,16,22-23H,3-4,6,9-15,17-18H2,1-2H3,(H,33,43)(H,35,42)(H,40,41)/t22-,23-/m0/s1. The Balaban J connectivity index is 1.50. The summed E-state index contributed by atoms with van der Waals surface area (Å²) in [7, 11) is 0. The van der Waals surface area contributed by atoms with Crippen LogP contribution in [0.25, 0.3) is 10.9 Å². The lowest BCUT2D eigenvalue weighted by Crippen LogP contribution is -2.56. The molecule has 3 heterocycles. The molecule has 15 nitrogen and oxygen atoms in total. The fourth-order valence-corrected chi connectivity index (χ4v) is 5.52. The minimum Gasteiger partial charge on any atom is -0.483 e. The summed E-state index contributed by atoms with van der Waals surface area (Å²) in [6.45, 7) is 4.58. The number of aliphatic carboxylic acids is 1. The molecule has 1 aromatic heterocycles. The number of carbonyl (C=O) groups excluding carboxylic acids is 5. The number of halogens is 1. The van der Waals surface area contributed by atoms with Gasteiger partial charge in [-0.25, -0.2) is 14.2 Å². The Morgan fingerprint density at radius 1 is 1.06 bits per heavy atom. The molecular formula is C31H39FN6O9. The Hall–Kier alpha value is -5.02. The summed E-state index contributed by atoms with van der Waals surface area (Å²) < 4.78 is 25.7. The van der Waals surface area contributed by atoms with Gasteiger partial charge in [0.2, 0.25) is 11.8 Å². The molecule has 1 aromatic carbocycles. The number of aromatic nitrogens is 1. The van der Waals surface area contributed by atoms with Crippen molar-refractivity contribution >= 4 is 46.6 Å². The largest absolute Gasteiger partial charge is 0.483 e. The number of likely N-dealkylation sites (tertiary alicyclic amines) is 1. The lowest BCUT2D eigenvalue weighted by atomic mass is 10.1. The predicted molar refractivity (Wildman–Crippen MR) is 164 cm³/mol. The zero-order chi connectivity index (χ0) is 34.1. The highest BCUT2D eigenvalue weighted by Gasteiger charge is 2.35. The second kappa shape index (κ2) is 16.0. The highest BCUT2D eigenvalue weighted by Crippen LogP contribution is 2.29. The number of piperazine rings is 1. The first kappa shape index (κ1) is 34.8. The molecule has 2 saturated heterocycles. The predicted octanol–water partition coefficient (Wildman–Crippen LogP) is 1.14. The molecule has 3 N–H and O–H groups in total. The summed E-state index contributed by atoms with van der Waals surface area (Å²) >= 11 is 0. The van der Waals surface area contributed by atoms with Gasteiger partial charge in [-0.1, -0.05) is 13.0 Å². The molecule has 47 heavy (non-hydrogen) atoms. The van der Waals surface area contributed by atoms with Gasteiger partial charge in [-0.15, -0.1) is 0 Å². The molecule has 0 unspecified atom stereocenters. The quantitative estimate of drug-likeness (QED) is 0.299. The van der Waals surface area contributed by atoms with Crippen LogP contribution in [0.3, 0.4) is 0 Å². The Morgan fingerprint density at radius 2 is 1.79 bits per heavy atom. The van der Waals surface area contributed by atoms with Crippen molar-refractivity contribution in [3.8, 4) is 5.75 Å². The van der Waals surface area contributed by atoms with E-state index in [1.807, 2.05) is 6.92 Å². The molecule has 0 saturated carbocycles. The van der Waals surface area contributed by atoms with Crippen LogP contribution in [0.5, 0.6) is 5.75 Å². The van der Waals surface area contributed by atoms with Gasteiger partial charge < -0.3 is 39.9 Å². The molecule has 0 aliphatic carbocycles. The van der Waals surface area contributed by atoms with E-state index in [9.17, 15) is 38.3 Å². The van der Waals surface area contributed by atoms with Gasteiger partial charge >= 0.3 is 12.1 Å². The van der Waals surface area contributed by atoms with Crippen molar-refractivity contribution in [2.75, 3.05) is 52.5 Å². The maximum atomic E-state index is 15.0. The van der Waals surface area contributed by atoms with E-state index in [0.717, 1.165) is 18.6 Å². The molecule has 16 heteroatoms. The summed E-state index contributed by atoms with van der Waals surface area (Å²) in [6, 6.07) is 2.96. The summed E-state index contributed by atoms with van der Waals surface area (Å²) in [5, 5.41) is 14.6. The molecule has 2 aliphatic heterocycles. The Morgan fingerprint density at radius 3 is 2.47 bits per heavy atom. The average molecular weight is 659 g/mol. The molecule has 2 atom stereocenters. The fourth-order valence-electron chi connectivity index (χ4n) is 5.52. The highest BCUT2D eigenvalue weighted by molar-refractivity contribution is 6.00. The molecular weight excluding hydrogens is 619 g/mol. The number of nitrogens with one attached hydrogen (secondary N) is 2. The number of amides is 5. The minimum absolute atomic E-state index is 0.0225. The maximum Gasteiger partial charge on any atom is 0.409 e. The van der Waals surface area contributed by atoms with Crippen molar-refractivity contribution in [2.45, 2.75) is 51.6 Å². The van der Waals surface area contributed by atoms with Crippen molar-refractivity contribution in [3.05, 3.63) is 35.8 Å². The fraction of sp³-hybridized carbons (Fsp3) is 0.516. The second-order valence-electron chi connectivity index (χ2n) is 11.1. The Kier molecular flexibility index (Phi) is 11.9. The number of hydrogen-bond donors (Lipinski definition) is 3. The number of carboxylic acid groups (broad SMARTS) is 1. The van der Waals surface area contributed by atoms with E-state index in [0.29, 0.717) is 25.9 Å². The Bertz CT molecular complexity index is 1510. The van der Waals surface area contributed by atoms with E-state index < -0.39 is 60.7 Å². The van der Waals surface area contributed by atoms with Gasteiger partial charge in [-0.2, -0.15) is 0 Å². The van der Waals surface area contributed by atoms with Crippen LogP contribution in [0.2, 0.25) is 0 Å². The molecule has 254 valence electrons. The minimum atomic E-state index is -1.48. The third-order valence-electron chi connectivity index (χ3n) is 7.86. The van der Waals surface area contributed by atoms with Gasteiger partial charge in [0.05, 0.1) is 23.9 Å². The number of fused-ring (bicyclic) bond motifs is 1. The number of pyridine rings is 1. The van der Waals surface area contributed by atoms with Crippen molar-refractivity contribution in [1.82, 2.24) is 30.3 Å². The number of hydrogen-bond acceptors (Lipinski definition) is 9. The molecule has 0 bridgehead atoms. The van der Waals surface area contributed by atoms with E-state index in [1.165, 1.54) is 26.8 Å². The van der Waals surface area contributed by atoms with Crippen LogP contribution in [-0.2, 0) is 23.9 Å². The zero-order valence-corrected chi connectivity index (χ0v) is 26.3. The van der Waals surface area contributed by atoms with Crippen LogP contribution in [0, 0.1) is 5.82 Å². The van der Waals surface area contributed by atoms with E-state index >= 15 is 0 Å². The number of nitrogens with zero attached hydrogens (tertiary/aromatic N) is 4. The van der Waals surface area contributed by atoms with Crippen molar-refractivity contribution in [1.29, 1.82) is 0 Å². The van der Waals surface area contributed by atoms with E-state index in [-0.39, 0.29) is 61.0 Å². The first-order chi connectivity index (χ1) is 22.5. The topological polar surface area (TPSA) is 188 Å². The van der Waals surface area contributed by atoms with Crippen LogP contribution in [0.4, 0.5) is 9.18 Å². The van der Waals surface area contributed by atoms with Gasteiger partial charge in [0.25, 0.3) is 11.8 Å². The number of carboxylic acids is 1. The van der Waals surface area contributed by atoms with E-state index in [2.05, 4.69) is 15.6 Å². The van der Waals surface area contributed by atoms with Crippen LogP contribution in [0.1, 0.15) is 50.0 Å². The van der Waals surface area contributed by atoms with Crippen molar-refractivity contribution in [3.63, 3.8) is 0 Å². The number of benzene rings is 1. The first-order valence-corrected chi connectivity index (χ1v) is 15.6. The smallest absolute Gasteiger partial charge is 0.409 e. The summed E-state index contributed by atoms with van der Waals surface area (Å²) in [5.74, 6) is -4.58. The van der Waals surface area contributed by atoms with Crippen LogP contribution in [-0.4, -0.2) is 125 Å². The van der Waals surface area contributed by atoms with Gasteiger partial charge in [0.15, 0.2) is 6.61 Å². The molecule has 2 aromatic rings. The Labute approximate surface area is 270 Å². The van der Waals surface area contributed by atoms with Gasteiger partial charge in [-0.05, 0) is 38.3 Å². The molecule has 0 radical (unpaired) electrons. The summed E-state index contributed by atoms with van der Waals surface area (Å²) in [4.78, 5) is 84.4. The molecule has 2 fully saturated rings. The lowest BCUT2D eigenvalue weighted by molar-refractivity contribution is -0.143. The number of ether oxygens (including phenoxy) is 2. The van der Waals surface area contributed by atoms with Gasteiger partial charge in [0, 0.05) is 45.3 Å². The second-order valence-corrected chi connectivity index (χ2v) is 11.1. The number of carbonyl (C=O) groups is 6. The third kappa shape index (κ3) is 8.62. The summed E-state index contributed by atoms with van der Waals surface area (Å²) in [5.41, 5.74) is -0.284. The van der Waals surface area contributed by atoms with E-state index in [4.69, 9.17) is 9.47 Å².